The minimum Gasteiger partial charge on any atom is -0.339 e. The molecule has 25 heavy (non-hydrogen) atoms. The van der Waals surface area contributed by atoms with Crippen LogP contribution >= 0.6 is 11.3 Å². The lowest BCUT2D eigenvalue weighted by atomic mass is 9.96. The maximum Gasteiger partial charge on any atom is 0.229 e. The van der Waals surface area contributed by atoms with Crippen LogP contribution < -0.4 is 5.32 Å². The van der Waals surface area contributed by atoms with Gasteiger partial charge >= 0.3 is 0 Å². The first kappa shape index (κ1) is 18.0. The van der Waals surface area contributed by atoms with E-state index >= 15 is 0 Å². The number of carbonyl (C=O) groups is 1. The average molecular weight is 363 g/mol. The number of aromatic nitrogens is 3. The zero-order valence-corrected chi connectivity index (χ0v) is 15.6. The Bertz CT molecular complexity index is 691. The van der Waals surface area contributed by atoms with Crippen LogP contribution in [-0.4, -0.2) is 39.0 Å². The van der Waals surface area contributed by atoms with E-state index in [0.29, 0.717) is 11.7 Å². The Kier molecular flexibility index (Phi) is 6.14. The normalized spacial score (nSPS) is 16.2. The number of unbranched alkanes of at least 4 members (excludes halogenated alkanes) is 1. The molecular weight excluding hydrogens is 338 g/mol. The fourth-order valence-corrected chi connectivity index (χ4v) is 3.65. The number of aryl methyl sites for hydroxylation is 2. The number of nitrogens with one attached hydrogen (secondary N) is 1. The summed E-state index contributed by atoms with van der Waals surface area (Å²) < 4.78 is 5.28. The first-order valence-electron chi connectivity index (χ1n) is 8.91. The number of carbonyl (C=O) groups excluding carboxylic acids is 1. The van der Waals surface area contributed by atoms with Crippen LogP contribution in [0.1, 0.15) is 50.0 Å². The van der Waals surface area contributed by atoms with Gasteiger partial charge in [-0.1, -0.05) is 18.5 Å². The first-order chi connectivity index (χ1) is 12.1. The van der Waals surface area contributed by atoms with Crippen LogP contribution in [-0.2, 0) is 17.8 Å². The molecular formula is C17H25N5O2S. The van der Waals surface area contributed by atoms with Crippen molar-refractivity contribution in [2.45, 2.75) is 52.5 Å². The van der Waals surface area contributed by atoms with Gasteiger partial charge in [-0.2, -0.15) is 4.98 Å². The van der Waals surface area contributed by atoms with E-state index in [1.807, 2.05) is 12.3 Å². The van der Waals surface area contributed by atoms with Crippen molar-refractivity contribution in [2.24, 2.45) is 5.92 Å². The molecule has 1 fully saturated rings. The van der Waals surface area contributed by atoms with Gasteiger partial charge in [-0.25, -0.2) is 4.98 Å². The number of rotatable bonds is 7. The second-order valence-electron chi connectivity index (χ2n) is 6.54. The molecule has 3 rings (SSSR count). The Balaban J connectivity index is 1.43. The predicted octanol–water partition coefficient (Wildman–Crippen LogP) is 3.03. The number of likely N-dealkylation sites (tertiary alicyclic amines) is 1. The molecule has 3 heterocycles. The van der Waals surface area contributed by atoms with E-state index < -0.39 is 0 Å². The van der Waals surface area contributed by atoms with Crippen molar-refractivity contribution in [3.05, 3.63) is 22.8 Å². The van der Waals surface area contributed by atoms with Gasteiger partial charge in [0.15, 0.2) is 11.0 Å². The van der Waals surface area contributed by atoms with Gasteiger partial charge in [-0.15, -0.1) is 11.3 Å². The summed E-state index contributed by atoms with van der Waals surface area (Å²) in [6, 6.07) is 0. The summed E-state index contributed by atoms with van der Waals surface area (Å²) >= 11 is 1.47. The van der Waals surface area contributed by atoms with Gasteiger partial charge in [0.05, 0.1) is 12.2 Å². The summed E-state index contributed by atoms with van der Waals surface area (Å²) in [6.45, 7) is 6.50. The van der Waals surface area contributed by atoms with Gasteiger partial charge in [0, 0.05) is 17.7 Å². The number of thiazole rings is 1. The lowest BCUT2D eigenvalue weighted by molar-refractivity contribution is -0.121. The third-order valence-corrected chi connectivity index (χ3v) is 5.30. The van der Waals surface area contributed by atoms with Crippen molar-refractivity contribution in [1.29, 1.82) is 0 Å². The Morgan fingerprint density at radius 1 is 1.40 bits per heavy atom. The Morgan fingerprint density at radius 3 is 2.88 bits per heavy atom. The molecule has 0 saturated carbocycles. The average Bonchev–Trinajstić information content (AvgIpc) is 3.22. The molecule has 8 heteroatoms. The van der Waals surface area contributed by atoms with Crippen molar-refractivity contribution in [1.82, 2.24) is 20.0 Å². The van der Waals surface area contributed by atoms with Gasteiger partial charge in [0.25, 0.3) is 0 Å². The van der Waals surface area contributed by atoms with Crippen LogP contribution in [0.2, 0.25) is 0 Å². The van der Waals surface area contributed by atoms with E-state index in [2.05, 4.69) is 32.3 Å². The predicted molar refractivity (Wildman–Crippen MR) is 96.4 cm³/mol. The summed E-state index contributed by atoms with van der Waals surface area (Å²) in [5.74, 6) is 1.60. The SMILES string of the molecule is CCCCc1nc(CN2CCC(C(=O)Nc3nc(C)cs3)CC2)no1. The molecule has 0 spiro atoms. The number of nitrogens with zero attached hydrogens (tertiary/aromatic N) is 4. The van der Waals surface area contributed by atoms with E-state index in [0.717, 1.165) is 62.6 Å². The van der Waals surface area contributed by atoms with Crippen LogP contribution in [0.4, 0.5) is 5.13 Å². The lowest BCUT2D eigenvalue weighted by Crippen LogP contribution is -2.38. The van der Waals surface area contributed by atoms with Crippen LogP contribution in [0.25, 0.3) is 0 Å². The van der Waals surface area contributed by atoms with E-state index in [1.54, 1.807) is 0 Å². The number of piperidine rings is 1. The summed E-state index contributed by atoms with van der Waals surface area (Å²) in [6.07, 6.45) is 4.73. The minimum absolute atomic E-state index is 0.0471. The highest BCUT2D eigenvalue weighted by atomic mass is 32.1. The number of amides is 1. The van der Waals surface area contributed by atoms with Gasteiger partial charge in [-0.3, -0.25) is 9.69 Å². The molecule has 7 nitrogen and oxygen atoms in total. The number of hydrogen-bond acceptors (Lipinski definition) is 7. The molecule has 0 atom stereocenters. The third kappa shape index (κ3) is 5.09. The molecule has 1 aliphatic heterocycles. The minimum atomic E-state index is 0.0471. The highest BCUT2D eigenvalue weighted by Gasteiger charge is 2.26. The molecule has 1 aliphatic rings. The van der Waals surface area contributed by atoms with Crippen molar-refractivity contribution in [2.75, 3.05) is 18.4 Å². The van der Waals surface area contributed by atoms with E-state index in [4.69, 9.17) is 4.52 Å². The van der Waals surface area contributed by atoms with Crippen molar-refractivity contribution < 1.29 is 9.32 Å². The molecule has 0 radical (unpaired) electrons. The highest BCUT2D eigenvalue weighted by molar-refractivity contribution is 7.13. The zero-order chi connectivity index (χ0) is 17.6. The molecule has 0 aliphatic carbocycles. The van der Waals surface area contributed by atoms with Gasteiger partial charge in [0.2, 0.25) is 11.8 Å². The third-order valence-electron chi connectivity index (χ3n) is 4.43. The summed E-state index contributed by atoms with van der Waals surface area (Å²) in [4.78, 5) is 23.4. The fourth-order valence-electron chi connectivity index (χ4n) is 2.96. The van der Waals surface area contributed by atoms with Crippen LogP contribution in [0.3, 0.4) is 0 Å². The molecule has 0 bridgehead atoms. The summed E-state index contributed by atoms with van der Waals surface area (Å²) in [7, 11) is 0. The van der Waals surface area contributed by atoms with Gasteiger partial charge in [-0.05, 0) is 39.3 Å². The number of hydrogen-bond donors (Lipinski definition) is 1. The topological polar surface area (TPSA) is 84.2 Å². The Morgan fingerprint density at radius 2 is 2.20 bits per heavy atom. The second-order valence-corrected chi connectivity index (χ2v) is 7.40. The molecule has 1 N–H and O–H groups in total. The van der Waals surface area contributed by atoms with Gasteiger partial charge < -0.3 is 9.84 Å². The fraction of sp³-hybridized carbons (Fsp3) is 0.647. The summed E-state index contributed by atoms with van der Waals surface area (Å²) in [5, 5.41) is 9.63. The Labute approximate surface area is 151 Å². The molecule has 0 aromatic carbocycles. The monoisotopic (exact) mass is 363 g/mol. The zero-order valence-electron chi connectivity index (χ0n) is 14.8. The Hall–Kier alpha value is -1.80. The molecule has 2 aromatic heterocycles. The van der Waals surface area contributed by atoms with E-state index in [9.17, 15) is 4.79 Å². The van der Waals surface area contributed by atoms with E-state index in [-0.39, 0.29) is 11.8 Å². The summed E-state index contributed by atoms with van der Waals surface area (Å²) in [5.41, 5.74) is 0.938. The van der Waals surface area contributed by atoms with E-state index in [1.165, 1.54) is 11.3 Å². The second kappa shape index (κ2) is 8.53. The van der Waals surface area contributed by atoms with Crippen molar-refractivity contribution in [3.63, 3.8) is 0 Å². The lowest BCUT2D eigenvalue weighted by Gasteiger charge is -2.30. The van der Waals surface area contributed by atoms with Gasteiger partial charge in [0.1, 0.15) is 0 Å². The van der Waals surface area contributed by atoms with Crippen LogP contribution in [0.15, 0.2) is 9.90 Å². The maximum atomic E-state index is 12.3. The quantitative estimate of drug-likeness (QED) is 0.814. The molecule has 1 saturated heterocycles. The largest absolute Gasteiger partial charge is 0.339 e. The first-order valence-corrected chi connectivity index (χ1v) is 9.79. The molecule has 0 unspecified atom stereocenters. The smallest absolute Gasteiger partial charge is 0.229 e. The molecule has 1 amide bonds. The highest BCUT2D eigenvalue weighted by Crippen LogP contribution is 2.22. The van der Waals surface area contributed by atoms with Crippen LogP contribution in [0.5, 0.6) is 0 Å². The molecule has 2 aromatic rings. The number of anilines is 1. The van der Waals surface area contributed by atoms with Crippen LogP contribution in [0, 0.1) is 12.8 Å². The standard InChI is InChI=1S/C17H25N5O2S/c1-3-4-5-15-19-14(21-24-15)10-22-8-6-13(7-9-22)16(23)20-17-18-12(2)11-25-17/h11,13H,3-10H2,1-2H3,(H,18,20,23). The van der Waals surface area contributed by atoms with Crippen molar-refractivity contribution in [3.8, 4) is 0 Å². The maximum absolute atomic E-state index is 12.3. The molecule has 136 valence electrons. The van der Waals surface area contributed by atoms with Crippen molar-refractivity contribution >= 4 is 22.4 Å².